The summed E-state index contributed by atoms with van der Waals surface area (Å²) < 4.78 is 0. The summed E-state index contributed by atoms with van der Waals surface area (Å²) in [5.74, 6) is 1.25. The number of nitrogens with two attached hydrogens (primary N) is 1. The molecule has 1 saturated carbocycles. The standard InChI is InChI=1S/C28H25N5S2/c29-15-19-9-11-20(12-10-19)17-34-26-22(16-30)28(13-5-2-6-14-28)24(25(31)33-26)27-32-23(18-35-27)21-7-3-1-4-8-21/h1,3-4,7-12,18,24H,2,5-6,13-14,17H2,(H2,31,33)/p+1/t24-/m1/s1. The van der Waals surface area contributed by atoms with Crippen LogP contribution < -0.4 is 10.7 Å². The zero-order valence-electron chi connectivity index (χ0n) is 19.3. The van der Waals surface area contributed by atoms with Gasteiger partial charge in [-0.05, 0) is 30.5 Å². The molecule has 3 aromatic rings. The van der Waals surface area contributed by atoms with Crippen molar-refractivity contribution in [3.63, 3.8) is 0 Å². The summed E-state index contributed by atoms with van der Waals surface area (Å²) in [6, 6.07) is 22.5. The van der Waals surface area contributed by atoms with E-state index in [1.54, 1.807) is 23.1 Å². The van der Waals surface area contributed by atoms with E-state index in [0.717, 1.165) is 58.1 Å². The second-order valence-corrected chi connectivity index (χ2v) is 11.0. The molecule has 5 nitrogen and oxygen atoms in total. The first-order chi connectivity index (χ1) is 17.1. The average Bonchev–Trinajstić information content (AvgIpc) is 3.38. The molecule has 0 unspecified atom stereocenters. The summed E-state index contributed by atoms with van der Waals surface area (Å²) in [4.78, 5) is 8.43. The average molecular weight is 497 g/mol. The van der Waals surface area contributed by atoms with Gasteiger partial charge in [0.2, 0.25) is 0 Å². The number of benzene rings is 2. The maximum Gasteiger partial charge on any atom is 0.257 e. The van der Waals surface area contributed by atoms with Gasteiger partial charge in [0.05, 0.1) is 22.9 Å². The molecule has 1 aliphatic carbocycles. The van der Waals surface area contributed by atoms with Crippen LogP contribution in [0.15, 0.2) is 70.6 Å². The van der Waals surface area contributed by atoms with E-state index in [0.29, 0.717) is 17.2 Å². The molecule has 0 radical (unpaired) electrons. The molecule has 7 heteroatoms. The number of thiazole rings is 1. The monoisotopic (exact) mass is 496 g/mol. The van der Waals surface area contributed by atoms with E-state index in [1.807, 2.05) is 42.5 Å². The molecule has 1 spiro atoms. The molecule has 2 aliphatic rings. The van der Waals surface area contributed by atoms with Crippen LogP contribution in [0.5, 0.6) is 0 Å². The van der Waals surface area contributed by atoms with E-state index < -0.39 is 0 Å². The van der Waals surface area contributed by atoms with Crippen molar-refractivity contribution in [1.29, 1.82) is 10.5 Å². The minimum atomic E-state index is -0.332. The molecule has 2 aromatic carbocycles. The molecule has 3 N–H and O–H groups in total. The van der Waals surface area contributed by atoms with Crippen LogP contribution in [-0.2, 0) is 5.75 Å². The van der Waals surface area contributed by atoms with Gasteiger partial charge >= 0.3 is 0 Å². The summed E-state index contributed by atoms with van der Waals surface area (Å²) >= 11 is 3.25. The SMILES string of the molecule is N#CC1=C(SCc2ccc(C#N)cc2)[NH+]=C(N)[C@H](c2nc(-c3ccccc3)cs2)C12CCCCC2. The lowest BCUT2D eigenvalue weighted by molar-refractivity contribution is -0.391. The van der Waals surface area contributed by atoms with E-state index in [4.69, 9.17) is 16.0 Å². The van der Waals surface area contributed by atoms with E-state index in [9.17, 15) is 5.26 Å². The Morgan fingerprint density at radius 1 is 1.03 bits per heavy atom. The number of hydrogen-bond donors (Lipinski definition) is 2. The van der Waals surface area contributed by atoms with Crippen molar-refractivity contribution in [2.24, 2.45) is 11.1 Å². The second kappa shape index (κ2) is 10.1. The molecule has 2 heterocycles. The summed E-state index contributed by atoms with van der Waals surface area (Å²) in [5, 5.41) is 23.4. The smallest absolute Gasteiger partial charge is 0.257 e. The van der Waals surface area contributed by atoms with Gasteiger partial charge in [-0.2, -0.15) is 10.5 Å². The molecule has 1 aromatic heterocycles. The first-order valence-electron chi connectivity index (χ1n) is 11.8. The molecule has 5 rings (SSSR count). The lowest BCUT2D eigenvalue weighted by Gasteiger charge is -2.42. The molecule has 0 saturated heterocycles. The van der Waals surface area contributed by atoms with Crippen LogP contribution in [0.2, 0.25) is 0 Å². The van der Waals surface area contributed by atoms with Crippen molar-refractivity contribution in [2.75, 3.05) is 0 Å². The fraction of sp³-hybridized carbons (Fsp3) is 0.286. The highest BCUT2D eigenvalue weighted by Crippen LogP contribution is 2.54. The van der Waals surface area contributed by atoms with Gasteiger partial charge in [-0.1, -0.05) is 73.5 Å². The highest BCUT2D eigenvalue weighted by molar-refractivity contribution is 8.02. The van der Waals surface area contributed by atoms with Crippen LogP contribution in [0.25, 0.3) is 11.3 Å². The van der Waals surface area contributed by atoms with Crippen molar-refractivity contribution < 1.29 is 4.99 Å². The summed E-state index contributed by atoms with van der Waals surface area (Å²) in [7, 11) is 0. The van der Waals surface area contributed by atoms with Crippen LogP contribution >= 0.6 is 23.1 Å². The fourth-order valence-corrected chi connectivity index (χ4v) is 7.44. The van der Waals surface area contributed by atoms with E-state index in [-0.39, 0.29) is 11.3 Å². The lowest BCUT2D eigenvalue weighted by Crippen LogP contribution is -2.78. The molecule has 1 aliphatic heterocycles. The molecule has 174 valence electrons. The number of thioether (sulfide) groups is 1. The summed E-state index contributed by atoms with van der Waals surface area (Å²) in [6.45, 7) is 0. The highest BCUT2D eigenvalue weighted by atomic mass is 32.2. The number of hydrogen-bond acceptors (Lipinski definition) is 6. The first kappa shape index (κ1) is 23.4. The van der Waals surface area contributed by atoms with Gasteiger partial charge in [0.15, 0.2) is 5.03 Å². The van der Waals surface area contributed by atoms with Gasteiger partial charge in [0, 0.05) is 22.1 Å². The maximum absolute atomic E-state index is 10.4. The zero-order valence-corrected chi connectivity index (χ0v) is 21.0. The number of rotatable bonds is 5. The third-order valence-electron chi connectivity index (χ3n) is 7.01. The van der Waals surface area contributed by atoms with Crippen LogP contribution in [0, 0.1) is 28.1 Å². The fourth-order valence-electron chi connectivity index (χ4n) is 5.29. The van der Waals surface area contributed by atoms with E-state index in [2.05, 4.69) is 34.6 Å². The molecular weight excluding hydrogens is 470 g/mol. The lowest BCUT2D eigenvalue weighted by atomic mass is 9.61. The second-order valence-electron chi connectivity index (χ2n) is 9.08. The van der Waals surface area contributed by atoms with Gasteiger partial charge < -0.3 is 0 Å². The number of nitrogens with one attached hydrogen (secondary N) is 1. The number of allylic oxidation sites excluding steroid dienone is 1. The van der Waals surface area contributed by atoms with Crippen molar-refractivity contribution in [3.8, 4) is 23.4 Å². The number of nitrogens with zero attached hydrogens (tertiary/aromatic N) is 3. The Morgan fingerprint density at radius 2 is 1.77 bits per heavy atom. The molecule has 35 heavy (non-hydrogen) atoms. The van der Waals surface area contributed by atoms with E-state index in [1.165, 1.54) is 6.42 Å². The van der Waals surface area contributed by atoms with Gasteiger partial charge in [-0.15, -0.1) is 11.3 Å². The molecule has 0 bridgehead atoms. The normalized spacial score (nSPS) is 19.1. The van der Waals surface area contributed by atoms with Gasteiger partial charge in [-0.25, -0.2) is 9.98 Å². The van der Waals surface area contributed by atoms with Crippen LogP contribution in [0.1, 0.15) is 54.2 Å². The van der Waals surface area contributed by atoms with Crippen molar-refractivity contribution >= 4 is 28.9 Å². The zero-order chi connectivity index (χ0) is 24.3. The van der Waals surface area contributed by atoms with Gasteiger partial charge in [-0.3, -0.25) is 5.73 Å². The maximum atomic E-state index is 10.4. The van der Waals surface area contributed by atoms with Crippen molar-refractivity contribution in [1.82, 2.24) is 4.98 Å². The number of amidine groups is 1. The Balaban J connectivity index is 1.50. The summed E-state index contributed by atoms with van der Waals surface area (Å²) in [6.07, 6.45) is 5.22. The molecule has 1 atom stereocenters. The van der Waals surface area contributed by atoms with Crippen molar-refractivity contribution in [3.05, 3.63) is 86.7 Å². The Labute approximate surface area is 214 Å². The first-order valence-corrected chi connectivity index (χ1v) is 13.7. The van der Waals surface area contributed by atoms with Crippen LogP contribution in [-0.4, -0.2) is 10.8 Å². The van der Waals surface area contributed by atoms with Crippen LogP contribution in [0.3, 0.4) is 0 Å². The Kier molecular flexibility index (Phi) is 6.72. The number of aromatic nitrogens is 1. The van der Waals surface area contributed by atoms with E-state index >= 15 is 0 Å². The number of nitriles is 2. The Morgan fingerprint density at radius 3 is 2.46 bits per heavy atom. The minimum absolute atomic E-state index is 0.126. The largest absolute Gasteiger partial charge is 0.290 e. The predicted molar refractivity (Wildman–Crippen MR) is 141 cm³/mol. The molecule has 0 amide bonds. The third kappa shape index (κ3) is 4.50. The Bertz CT molecular complexity index is 1350. The highest BCUT2D eigenvalue weighted by Gasteiger charge is 2.53. The third-order valence-corrected chi connectivity index (χ3v) is 8.99. The van der Waals surface area contributed by atoms with Gasteiger partial charge in [0.1, 0.15) is 17.0 Å². The molecule has 1 fully saturated rings. The summed E-state index contributed by atoms with van der Waals surface area (Å²) in [5.41, 5.74) is 11.0. The minimum Gasteiger partial charge on any atom is -0.290 e. The quantitative estimate of drug-likeness (QED) is 0.527. The molecular formula is C28H26N5S2+. The van der Waals surface area contributed by atoms with Gasteiger partial charge in [0.25, 0.3) is 5.84 Å². The predicted octanol–water partition coefficient (Wildman–Crippen LogP) is 4.84. The van der Waals surface area contributed by atoms with Crippen molar-refractivity contribution in [2.45, 2.75) is 43.8 Å². The van der Waals surface area contributed by atoms with Crippen LogP contribution in [0.4, 0.5) is 0 Å². The Hall–Kier alpha value is -3.39. The topological polar surface area (TPSA) is 100 Å².